The maximum atomic E-state index is 12.9. The number of aromatic nitrogens is 1. The second-order valence-electron chi connectivity index (χ2n) is 7.37. The van der Waals surface area contributed by atoms with Crippen molar-refractivity contribution in [1.82, 2.24) is 4.57 Å². The molecule has 1 aromatic heterocycles. The van der Waals surface area contributed by atoms with Gasteiger partial charge in [-0.25, -0.2) is 0 Å². The zero-order valence-corrected chi connectivity index (χ0v) is 18.9. The molecule has 8 nitrogen and oxygen atoms in total. The van der Waals surface area contributed by atoms with Gasteiger partial charge in [-0.05, 0) is 45.0 Å². The molecule has 4 rings (SSSR count). The molecule has 0 unspecified atom stereocenters. The molecule has 0 spiro atoms. The molecule has 0 N–H and O–H groups in total. The highest BCUT2D eigenvalue weighted by molar-refractivity contribution is 7.16. The summed E-state index contributed by atoms with van der Waals surface area (Å²) in [7, 11) is 0. The number of nitrogens with zero attached hydrogens (tertiary/aromatic N) is 2. The average molecular weight is 457 g/mol. The van der Waals surface area contributed by atoms with E-state index in [2.05, 4.69) is 4.99 Å². The Morgan fingerprint density at radius 1 is 1.16 bits per heavy atom. The third kappa shape index (κ3) is 4.77. The minimum atomic E-state index is -0.377. The molecule has 9 heteroatoms. The molecule has 0 fully saturated rings. The Labute approximate surface area is 189 Å². The van der Waals surface area contributed by atoms with Crippen molar-refractivity contribution >= 4 is 33.4 Å². The van der Waals surface area contributed by atoms with E-state index in [1.165, 1.54) is 11.3 Å². The first kappa shape index (κ1) is 21.9. The summed E-state index contributed by atoms with van der Waals surface area (Å²) in [6.45, 7) is 6.46. The Morgan fingerprint density at radius 2 is 1.88 bits per heavy atom. The molecule has 1 aliphatic heterocycles. The molecule has 0 aliphatic carbocycles. The fraction of sp³-hybridized carbons (Fsp3) is 0.348. The summed E-state index contributed by atoms with van der Waals surface area (Å²) in [5.74, 6) is 1.28. The normalized spacial score (nSPS) is 13.1. The van der Waals surface area contributed by atoms with Gasteiger partial charge in [0.1, 0.15) is 5.75 Å². The Balaban J connectivity index is 1.69. The van der Waals surface area contributed by atoms with Gasteiger partial charge >= 0.3 is 5.97 Å². The van der Waals surface area contributed by atoms with Crippen molar-refractivity contribution in [2.75, 3.05) is 13.4 Å². The van der Waals surface area contributed by atoms with Crippen LogP contribution in [-0.2, 0) is 16.1 Å². The monoisotopic (exact) mass is 456 g/mol. The van der Waals surface area contributed by atoms with Crippen LogP contribution in [0.3, 0.4) is 0 Å². The number of amides is 1. The molecule has 2 aromatic carbocycles. The number of thiazole rings is 1. The summed E-state index contributed by atoms with van der Waals surface area (Å²) >= 11 is 1.35. The van der Waals surface area contributed by atoms with Crippen molar-refractivity contribution in [2.45, 2.75) is 39.8 Å². The van der Waals surface area contributed by atoms with Crippen LogP contribution < -0.4 is 19.0 Å². The molecule has 2 heterocycles. The van der Waals surface area contributed by atoms with E-state index in [0.29, 0.717) is 40.8 Å². The summed E-state index contributed by atoms with van der Waals surface area (Å²) < 4.78 is 24.4. The fourth-order valence-electron chi connectivity index (χ4n) is 3.30. The lowest BCUT2D eigenvalue weighted by atomic mass is 10.2. The van der Waals surface area contributed by atoms with Crippen molar-refractivity contribution in [2.24, 2.45) is 4.99 Å². The Hall–Kier alpha value is -3.33. The molecular weight excluding hydrogens is 432 g/mol. The summed E-state index contributed by atoms with van der Waals surface area (Å²) in [5, 5.41) is 0. The standard InChI is InChI=1S/C23H24N2O6S/c1-4-28-21(26)9-10-25-17-11-18-19(30-13-29-18)12-20(17)32-23(25)24-22(27)15-5-7-16(8-6-15)31-14(2)3/h5-8,11-12,14H,4,9-10,13H2,1-3H3. The van der Waals surface area contributed by atoms with Gasteiger partial charge in [-0.15, -0.1) is 0 Å². The van der Waals surface area contributed by atoms with Crippen LogP contribution in [0.15, 0.2) is 41.4 Å². The van der Waals surface area contributed by atoms with Gasteiger partial charge in [0, 0.05) is 24.2 Å². The first-order chi connectivity index (χ1) is 15.4. The zero-order valence-electron chi connectivity index (χ0n) is 18.1. The van der Waals surface area contributed by atoms with E-state index in [9.17, 15) is 9.59 Å². The summed E-state index contributed by atoms with van der Waals surface area (Å²) in [6.07, 6.45) is 0.212. The predicted octanol–water partition coefficient (Wildman–Crippen LogP) is 3.91. The number of hydrogen-bond acceptors (Lipinski definition) is 7. The third-order valence-corrected chi connectivity index (χ3v) is 5.73. The van der Waals surface area contributed by atoms with Crippen LogP contribution in [0, 0.1) is 0 Å². The number of carbonyl (C=O) groups is 2. The van der Waals surface area contributed by atoms with Gasteiger partial charge in [-0.3, -0.25) is 9.59 Å². The van der Waals surface area contributed by atoms with E-state index in [0.717, 1.165) is 10.2 Å². The van der Waals surface area contributed by atoms with Crippen molar-refractivity contribution in [3.05, 3.63) is 46.8 Å². The smallest absolute Gasteiger partial charge is 0.307 e. The second-order valence-corrected chi connectivity index (χ2v) is 8.38. The minimum Gasteiger partial charge on any atom is -0.491 e. The molecule has 1 aliphatic rings. The van der Waals surface area contributed by atoms with Gasteiger partial charge in [0.15, 0.2) is 16.3 Å². The summed E-state index contributed by atoms with van der Waals surface area (Å²) in [6, 6.07) is 10.6. The van der Waals surface area contributed by atoms with Crippen molar-refractivity contribution in [3.8, 4) is 17.2 Å². The topological polar surface area (TPSA) is 88.4 Å². The molecular formula is C23H24N2O6S. The van der Waals surface area contributed by atoms with Gasteiger partial charge < -0.3 is 23.5 Å². The minimum absolute atomic E-state index is 0.0488. The van der Waals surface area contributed by atoms with Crippen LogP contribution in [-0.4, -0.2) is 35.9 Å². The molecule has 0 saturated heterocycles. The van der Waals surface area contributed by atoms with E-state index in [1.807, 2.05) is 30.5 Å². The van der Waals surface area contributed by atoms with E-state index in [1.54, 1.807) is 31.2 Å². The van der Waals surface area contributed by atoms with Crippen LogP contribution >= 0.6 is 11.3 Å². The fourth-order valence-corrected chi connectivity index (χ4v) is 4.36. The van der Waals surface area contributed by atoms with E-state index in [4.69, 9.17) is 18.9 Å². The molecule has 0 radical (unpaired) electrons. The SMILES string of the molecule is CCOC(=O)CCn1c(=NC(=O)c2ccc(OC(C)C)cc2)sc2cc3c(cc21)OCO3. The second kappa shape index (κ2) is 9.44. The van der Waals surface area contributed by atoms with Gasteiger partial charge in [0.05, 0.1) is 29.3 Å². The number of rotatable bonds is 7. The van der Waals surface area contributed by atoms with Gasteiger partial charge in [-0.1, -0.05) is 11.3 Å². The Morgan fingerprint density at radius 3 is 2.56 bits per heavy atom. The summed E-state index contributed by atoms with van der Waals surface area (Å²) in [4.78, 5) is 29.6. The molecule has 1 amide bonds. The maximum Gasteiger partial charge on any atom is 0.307 e. The highest BCUT2D eigenvalue weighted by Gasteiger charge is 2.19. The number of aryl methyl sites for hydroxylation is 1. The molecule has 0 bridgehead atoms. The van der Waals surface area contributed by atoms with Crippen LogP contribution in [0.2, 0.25) is 0 Å². The number of benzene rings is 2. The van der Waals surface area contributed by atoms with Gasteiger partial charge in [0.2, 0.25) is 6.79 Å². The van der Waals surface area contributed by atoms with Crippen LogP contribution in [0.25, 0.3) is 10.2 Å². The van der Waals surface area contributed by atoms with E-state index >= 15 is 0 Å². The van der Waals surface area contributed by atoms with Crippen molar-refractivity contribution in [1.29, 1.82) is 0 Å². The van der Waals surface area contributed by atoms with Crippen molar-refractivity contribution < 1.29 is 28.5 Å². The number of hydrogen-bond donors (Lipinski definition) is 0. The molecule has 168 valence electrons. The summed E-state index contributed by atoms with van der Waals surface area (Å²) in [5.41, 5.74) is 1.26. The Bertz CT molecular complexity index is 1210. The molecule has 32 heavy (non-hydrogen) atoms. The maximum absolute atomic E-state index is 12.9. The highest BCUT2D eigenvalue weighted by atomic mass is 32.1. The van der Waals surface area contributed by atoms with E-state index in [-0.39, 0.29) is 31.2 Å². The number of carbonyl (C=O) groups excluding carboxylic acids is 2. The quantitative estimate of drug-likeness (QED) is 0.501. The largest absolute Gasteiger partial charge is 0.491 e. The lowest BCUT2D eigenvalue weighted by Crippen LogP contribution is -2.19. The number of fused-ring (bicyclic) bond motifs is 2. The molecule has 0 saturated carbocycles. The van der Waals surface area contributed by atoms with Crippen LogP contribution in [0.5, 0.6) is 17.2 Å². The number of esters is 1. The van der Waals surface area contributed by atoms with Gasteiger partial charge in [-0.2, -0.15) is 4.99 Å². The van der Waals surface area contributed by atoms with Crippen molar-refractivity contribution in [3.63, 3.8) is 0 Å². The molecule has 0 atom stereocenters. The first-order valence-corrected chi connectivity index (χ1v) is 11.2. The zero-order chi connectivity index (χ0) is 22.7. The van der Waals surface area contributed by atoms with E-state index < -0.39 is 0 Å². The predicted molar refractivity (Wildman–Crippen MR) is 119 cm³/mol. The van der Waals surface area contributed by atoms with Crippen LogP contribution in [0.4, 0.5) is 0 Å². The molecule has 3 aromatic rings. The lowest BCUT2D eigenvalue weighted by molar-refractivity contribution is -0.143. The average Bonchev–Trinajstić information content (AvgIpc) is 3.34. The lowest BCUT2D eigenvalue weighted by Gasteiger charge is -2.09. The highest BCUT2D eigenvalue weighted by Crippen LogP contribution is 2.37. The Kier molecular flexibility index (Phi) is 6.45. The first-order valence-electron chi connectivity index (χ1n) is 10.4. The number of ether oxygens (including phenoxy) is 4. The van der Waals surface area contributed by atoms with Gasteiger partial charge in [0.25, 0.3) is 5.91 Å². The van der Waals surface area contributed by atoms with Crippen LogP contribution in [0.1, 0.15) is 37.6 Å². The third-order valence-electron chi connectivity index (χ3n) is 4.69.